The van der Waals surface area contributed by atoms with Crippen LogP contribution in [0.15, 0.2) is 30.5 Å². The topological polar surface area (TPSA) is 63.5 Å². The standard InChI is InChI=1S/C17H24N2O3/c1-4-12(2)14(11-20)18-17(21)10-19-9-8-13-15(19)6-5-7-16(13)22-3/h5-9,12,14,20H,4,10-11H2,1-3H3,(H,18,21)/t12-,14+/m1/s1. The molecule has 120 valence electrons. The number of hydrogen-bond acceptors (Lipinski definition) is 3. The molecule has 0 saturated carbocycles. The van der Waals surface area contributed by atoms with Crippen LogP contribution in [0.1, 0.15) is 20.3 Å². The lowest BCUT2D eigenvalue weighted by molar-refractivity contribution is -0.123. The van der Waals surface area contributed by atoms with Crippen molar-refractivity contribution < 1.29 is 14.6 Å². The van der Waals surface area contributed by atoms with Gasteiger partial charge in [0.2, 0.25) is 5.91 Å². The molecule has 2 aromatic rings. The van der Waals surface area contributed by atoms with Gasteiger partial charge in [0.25, 0.3) is 0 Å². The van der Waals surface area contributed by atoms with Crippen LogP contribution in [0.4, 0.5) is 0 Å². The predicted molar refractivity (Wildman–Crippen MR) is 87.0 cm³/mol. The number of rotatable bonds is 7. The molecule has 0 saturated heterocycles. The van der Waals surface area contributed by atoms with Crippen LogP contribution in [0.25, 0.3) is 10.9 Å². The third-order valence-corrected chi connectivity index (χ3v) is 4.18. The molecule has 0 unspecified atom stereocenters. The molecule has 0 bridgehead atoms. The molecule has 1 heterocycles. The van der Waals surface area contributed by atoms with E-state index in [-0.39, 0.29) is 31.0 Å². The molecule has 5 heteroatoms. The van der Waals surface area contributed by atoms with Gasteiger partial charge < -0.3 is 19.7 Å². The van der Waals surface area contributed by atoms with Gasteiger partial charge in [0.15, 0.2) is 0 Å². The molecule has 1 aromatic carbocycles. The zero-order chi connectivity index (χ0) is 16.1. The van der Waals surface area contributed by atoms with E-state index in [0.717, 1.165) is 23.1 Å². The summed E-state index contributed by atoms with van der Waals surface area (Å²) in [7, 11) is 1.64. The van der Waals surface area contributed by atoms with Crippen molar-refractivity contribution in [3.8, 4) is 5.75 Å². The number of aliphatic hydroxyl groups excluding tert-OH is 1. The summed E-state index contributed by atoms with van der Waals surface area (Å²) in [6, 6.07) is 7.51. The van der Waals surface area contributed by atoms with Gasteiger partial charge in [0, 0.05) is 11.6 Å². The van der Waals surface area contributed by atoms with Crippen molar-refractivity contribution >= 4 is 16.8 Å². The number of fused-ring (bicyclic) bond motifs is 1. The van der Waals surface area contributed by atoms with Gasteiger partial charge in [0.05, 0.1) is 25.3 Å². The Kier molecular flexibility index (Phi) is 5.44. The van der Waals surface area contributed by atoms with E-state index >= 15 is 0 Å². The van der Waals surface area contributed by atoms with Crippen molar-refractivity contribution in [2.24, 2.45) is 5.92 Å². The Labute approximate surface area is 130 Å². The van der Waals surface area contributed by atoms with Crippen molar-refractivity contribution in [2.45, 2.75) is 32.9 Å². The summed E-state index contributed by atoms with van der Waals surface area (Å²) >= 11 is 0. The zero-order valence-electron chi connectivity index (χ0n) is 13.4. The fourth-order valence-electron chi connectivity index (χ4n) is 2.57. The minimum Gasteiger partial charge on any atom is -0.496 e. The zero-order valence-corrected chi connectivity index (χ0v) is 13.4. The van der Waals surface area contributed by atoms with E-state index in [4.69, 9.17) is 4.74 Å². The third-order valence-electron chi connectivity index (χ3n) is 4.18. The summed E-state index contributed by atoms with van der Waals surface area (Å²) in [6.07, 6.45) is 2.79. The monoisotopic (exact) mass is 304 g/mol. The number of nitrogens with one attached hydrogen (secondary N) is 1. The summed E-state index contributed by atoms with van der Waals surface area (Å²) in [5.41, 5.74) is 0.957. The first-order valence-electron chi connectivity index (χ1n) is 7.62. The lowest BCUT2D eigenvalue weighted by atomic mass is 10.00. The summed E-state index contributed by atoms with van der Waals surface area (Å²) in [5, 5.41) is 13.3. The van der Waals surface area contributed by atoms with Crippen LogP contribution in [-0.2, 0) is 11.3 Å². The summed E-state index contributed by atoms with van der Waals surface area (Å²) in [5.74, 6) is 0.944. The molecule has 0 aliphatic rings. The summed E-state index contributed by atoms with van der Waals surface area (Å²) < 4.78 is 7.21. The van der Waals surface area contributed by atoms with Gasteiger partial charge in [-0.15, -0.1) is 0 Å². The minimum absolute atomic E-state index is 0.0407. The lowest BCUT2D eigenvalue weighted by Gasteiger charge is -2.22. The SMILES string of the molecule is CC[C@@H](C)[C@H](CO)NC(=O)Cn1ccc2c(OC)cccc21. The molecule has 0 spiro atoms. The number of amides is 1. The van der Waals surface area contributed by atoms with E-state index in [9.17, 15) is 9.90 Å². The largest absolute Gasteiger partial charge is 0.496 e. The van der Waals surface area contributed by atoms with E-state index in [1.165, 1.54) is 0 Å². The lowest BCUT2D eigenvalue weighted by Crippen LogP contribution is -2.43. The Bertz CT molecular complexity index is 636. The maximum absolute atomic E-state index is 12.2. The van der Waals surface area contributed by atoms with Gasteiger partial charge in [-0.05, 0) is 24.1 Å². The van der Waals surface area contributed by atoms with Gasteiger partial charge in [-0.25, -0.2) is 0 Å². The molecule has 2 N–H and O–H groups in total. The molecule has 22 heavy (non-hydrogen) atoms. The van der Waals surface area contributed by atoms with Crippen LogP contribution >= 0.6 is 0 Å². The first-order valence-corrected chi connectivity index (χ1v) is 7.62. The average molecular weight is 304 g/mol. The number of aromatic nitrogens is 1. The molecule has 0 radical (unpaired) electrons. The molecule has 1 amide bonds. The van der Waals surface area contributed by atoms with Crippen molar-refractivity contribution in [1.82, 2.24) is 9.88 Å². The smallest absolute Gasteiger partial charge is 0.240 e. The highest BCUT2D eigenvalue weighted by atomic mass is 16.5. The highest BCUT2D eigenvalue weighted by Crippen LogP contribution is 2.26. The van der Waals surface area contributed by atoms with Gasteiger partial charge in [-0.2, -0.15) is 0 Å². The summed E-state index contributed by atoms with van der Waals surface area (Å²) in [6.45, 7) is 4.26. The van der Waals surface area contributed by atoms with Crippen LogP contribution < -0.4 is 10.1 Å². The van der Waals surface area contributed by atoms with E-state index in [1.54, 1.807) is 7.11 Å². The molecule has 1 aromatic heterocycles. The quantitative estimate of drug-likeness (QED) is 0.824. The van der Waals surface area contributed by atoms with Gasteiger partial charge in [0.1, 0.15) is 12.3 Å². The van der Waals surface area contributed by atoms with Crippen molar-refractivity contribution in [1.29, 1.82) is 0 Å². The molecular formula is C17H24N2O3. The second-order valence-corrected chi connectivity index (χ2v) is 5.58. The van der Waals surface area contributed by atoms with E-state index in [2.05, 4.69) is 5.32 Å². The van der Waals surface area contributed by atoms with Crippen LogP contribution in [-0.4, -0.2) is 35.3 Å². The number of hydrogen-bond donors (Lipinski definition) is 2. The predicted octanol–water partition coefficient (Wildman–Crippen LogP) is 2.17. The number of methoxy groups -OCH3 is 1. The average Bonchev–Trinajstić information content (AvgIpc) is 2.94. The second kappa shape index (κ2) is 7.31. The number of nitrogens with zero attached hydrogens (tertiary/aromatic N) is 1. The number of carbonyl (C=O) groups excluding carboxylic acids is 1. The first kappa shape index (κ1) is 16.4. The number of benzene rings is 1. The Morgan fingerprint density at radius 3 is 2.82 bits per heavy atom. The molecule has 0 aliphatic heterocycles. The highest BCUT2D eigenvalue weighted by molar-refractivity contribution is 5.88. The number of aliphatic hydroxyl groups is 1. The van der Waals surface area contributed by atoms with Crippen LogP contribution in [0.3, 0.4) is 0 Å². The molecular weight excluding hydrogens is 280 g/mol. The van der Waals surface area contributed by atoms with Crippen molar-refractivity contribution in [3.05, 3.63) is 30.5 Å². The first-order chi connectivity index (χ1) is 10.6. The Balaban J connectivity index is 2.12. The molecule has 0 fully saturated rings. The maximum Gasteiger partial charge on any atom is 0.240 e. The van der Waals surface area contributed by atoms with E-state index < -0.39 is 0 Å². The Morgan fingerprint density at radius 2 is 2.18 bits per heavy atom. The van der Waals surface area contributed by atoms with Crippen molar-refractivity contribution in [3.63, 3.8) is 0 Å². The molecule has 5 nitrogen and oxygen atoms in total. The number of carbonyl (C=O) groups is 1. The molecule has 0 aliphatic carbocycles. The Morgan fingerprint density at radius 1 is 1.41 bits per heavy atom. The minimum atomic E-state index is -0.200. The van der Waals surface area contributed by atoms with Gasteiger partial charge in [-0.1, -0.05) is 26.3 Å². The van der Waals surface area contributed by atoms with E-state index in [1.807, 2.05) is 48.9 Å². The highest BCUT2D eigenvalue weighted by Gasteiger charge is 2.18. The third kappa shape index (κ3) is 3.42. The fraction of sp³-hybridized carbons (Fsp3) is 0.471. The fourth-order valence-corrected chi connectivity index (χ4v) is 2.57. The van der Waals surface area contributed by atoms with Gasteiger partial charge in [-0.3, -0.25) is 4.79 Å². The normalized spacial score (nSPS) is 13.8. The molecule has 2 rings (SSSR count). The summed E-state index contributed by atoms with van der Waals surface area (Å²) in [4.78, 5) is 12.2. The second-order valence-electron chi connectivity index (χ2n) is 5.58. The van der Waals surface area contributed by atoms with Crippen LogP contribution in [0.2, 0.25) is 0 Å². The van der Waals surface area contributed by atoms with E-state index in [0.29, 0.717) is 0 Å². The van der Waals surface area contributed by atoms with Gasteiger partial charge >= 0.3 is 0 Å². The Hall–Kier alpha value is -2.01. The molecule has 2 atom stereocenters. The van der Waals surface area contributed by atoms with Crippen molar-refractivity contribution in [2.75, 3.05) is 13.7 Å². The van der Waals surface area contributed by atoms with Crippen LogP contribution in [0, 0.1) is 5.92 Å². The van der Waals surface area contributed by atoms with Crippen LogP contribution in [0.5, 0.6) is 5.75 Å². The number of ether oxygens (including phenoxy) is 1. The maximum atomic E-state index is 12.2.